The van der Waals surface area contributed by atoms with Crippen LogP contribution in [0.25, 0.3) is 49.7 Å². The Balaban J connectivity index is 1.32. The second-order valence-corrected chi connectivity index (χ2v) is 23.1. The van der Waals surface area contributed by atoms with Gasteiger partial charge in [0.25, 0.3) is 6.71 Å². The van der Waals surface area contributed by atoms with Gasteiger partial charge in [0.15, 0.2) is 5.58 Å². The van der Waals surface area contributed by atoms with Gasteiger partial charge in [-0.05, 0) is 108 Å². The smallest absolute Gasteiger partial charge is 0.252 e. The Hall–Kier alpha value is -5.48. The van der Waals surface area contributed by atoms with Crippen molar-refractivity contribution in [3.05, 3.63) is 137 Å². The quantitative estimate of drug-likeness (QED) is 0.154. The number of anilines is 3. The van der Waals surface area contributed by atoms with Gasteiger partial charge >= 0.3 is 0 Å². The molecule has 4 heterocycles. The highest BCUT2D eigenvalue weighted by Gasteiger charge is 2.48. The molecule has 4 heteroatoms. The van der Waals surface area contributed by atoms with Crippen molar-refractivity contribution in [3.63, 3.8) is 0 Å². The van der Waals surface area contributed by atoms with E-state index in [1.54, 1.807) is 0 Å². The van der Waals surface area contributed by atoms with Gasteiger partial charge in [-0.1, -0.05) is 164 Å². The summed E-state index contributed by atoms with van der Waals surface area (Å²) in [5.74, 6) is 0. The van der Waals surface area contributed by atoms with Crippen molar-refractivity contribution in [1.82, 2.24) is 4.57 Å². The summed E-state index contributed by atoms with van der Waals surface area (Å²) in [5, 5.41) is 3.68. The first kappa shape index (κ1) is 38.4. The van der Waals surface area contributed by atoms with E-state index in [1.165, 1.54) is 89.0 Å². The first-order chi connectivity index (χ1) is 28.5. The maximum absolute atomic E-state index is 7.12. The molecule has 1 aliphatic carbocycles. The van der Waals surface area contributed by atoms with Gasteiger partial charge in [0.1, 0.15) is 5.58 Å². The number of nitrogens with zero attached hydrogens (tertiary/aromatic N) is 2. The lowest BCUT2D eigenvalue weighted by atomic mass is 9.33. The van der Waals surface area contributed by atoms with Crippen LogP contribution in [-0.2, 0) is 27.1 Å². The molecule has 6 aromatic carbocycles. The van der Waals surface area contributed by atoms with Crippen LogP contribution in [-0.4, -0.2) is 11.3 Å². The third kappa shape index (κ3) is 5.23. The Morgan fingerprint density at radius 1 is 0.508 bits per heavy atom. The fourth-order valence-corrected chi connectivity index (χ4v) is 11.0. The molecule has 0 fully saturated rings. The number of para-hydroxylation sites is 1. The average molecular weight is 799 g/mol. The highest BCUT2D eigenvalue weighted by Crippen LogP contribution is 2.55. The molecule has 0 unspecified atom stereocenters. The van der Waals surface area contributed by atoms with Crippen molar-refractivity contribution in [3.8, 4) is 16.8 Å². The summed E-state index contributed by atoms with van der Waals surface area (Å²) < 4.78 is 9.84. The van der Waals surface area contributed by atoms with Crippen LogP contribution in [0.1, 0.15) is 130 Å². The van der Waals surface area contributed by atoms with Gasteiger partial charge in [-0.2, -0.15) is 0 Å². The number of hydrogen-bond donors (Lipinski definition) is 0. The van der Waals surface area contributed by atoms with Gasteiger partial charge in [0, 0.05) is 55.4 Å². The number of furan rings is 1. The zero-order chi connectivity index (χ0) is 43.1. The number of fused-ring (bicyclic) bond motifs is 12. The maximum Gasteiger partial charge on any atom is 0.252 e. The predicted molar refractivity (Wildman–Crippen MR) is 262 cm³/mol. The molecule has 61 heavy (non-hydrogen) atoms. The van der Waals surface area contributed by atoms with Gasteiger partial charge in [0.05, 0.1) is 5.69 Å². The summed E-state index contributed by atoms with van der Waals surface area (Å²) in [4.78, 5) is 2.59. The highest BCUT2D eigenvalue weighted by atomic mass is 16.3. The van der Waals surface area contributed by atoms with E-state index in [0.29, 0.717) is 0 Å². The largest absolute Gasteiger partial charge is 0.454 e. The molecule has 0 spiro atoms. The molecular weight excluding hydrogens is 739 g/mol. The van der Waals surface area contributed by atoms with E-state index in [1.807, 2.05) is 0 Å². The predicted octanol–water partition coefficient (Wildman–Crippen LogP) is 13.6. The molecule has 11 rings (SSSR count). The number of hydrogen-bond acceptors (Lipinski definition) is 2. The molecule has 0 radical (unpaired) electrons. The second-order valence-electron chi connectivity index (χ2n) is 23.1. The number of benzene rings is 6. The van der Waals surface area contributed by atoms with E-state index in [2.05, 4.69) is 210 Å². The molecule has 3 nitrogen and oxygen atoms in total. The highest BCUT2D eigenvalue weighted by molar-refractivity contribution is 7.00. The van der Waals surface area contributed by atoms with E-state index in [-0.39, 0.29) is 33.8 Å². The molecule has 2 aromatic heterocycles. The zero-order valence-electron chi connectivity index (χ0n) is 38.7. The summed E-state index contributed by atoms with van der Waals surface area (Å²) in [6.45, 7) is 33.0. The Kier molecular flexibility index (Phi) is 7.51. The van der Waals surface area contributed by atoms with Crippen molar-refractivity contribution in [2.75, 3.05) is 4.90 Å². The Morgan fingerprint density at radius 2 is 1.13 bits per heavy atom. The average Bonchev–Trinajstić information content (AvgIpc) is 3.81. The first-order valence-electron chi connectivity index (χ1n) is 22.5. The molecule has 3 aliphatic rings. The molecule has 8 aromatic rings. The molecule has 0 atom stereocenters. The molecule has 0 saturated carbocycles. The van der Waals surface area contributed by atoms with Crippen molar-refractivity contribution in [2.24, 2.45) is 0 Å². The monoisotopic (exact) mass is 798 g/mol. The summed E-state index contributed by atoms with van der Waals surface area (Å²) in [7, 11) is 0. The molecule has 0 N–H and O–H groups in total. The van der Waals surface area contributed by atoms with Crippen molar-refractivity contribution < 1.29 is 4.42 Å². The van der Waals surface area contributed by atoms with Gasteiger partial charge in [0.2, 0.25) is 0 Å². The maximum atomic E-state index is 7.12. The fraction of sp³-hybridized carbons (Fsp3) is 0.333. The minimum absolute atomic E-state index is 0.00970. The van der Waals surface area contributed by atoms with Gasteiger partial charge in [-0.15, -0.1) is 0 Å². The normalized spacial score (nSPS) is 15.4. The van der Waals surface area contributed by atoms with E-state index < -0.39 is 0 Å². The lowest BCUT2D eigenvalue weighted by Gasteiger charge is -2.42. The Morgan fingerprint density at radius 3 is 1.84 bits per heavy atom. The van der Waals surface area contributed by atoms with E-state index >= 15 is 0 Å². The minimum atomic E-state index is -0.207. The summed E-state index contributed by atoms with van der Waals surface area (Å²) in [6, 6.07) is 40.3. The molecule has 2 aliphatic heterocycles. The van der Waals surface area contributed by atoms with Crippen molar-refractivity contribution >= 4 is 73.0 Å². The SMILES string of the molecule is CC(C)(C)c1ccc2c(c1)N(c1cccc3c1oc1cc(C(C)(C)C)ccc13)c1cc(C(C)(C)C)cc3c1B2c1cc(C(C)(C)C)cc2c4c(n-3c12)C(C)(C)c1ccccc1-4. The van der Waals surface area contributed by atoms with Crippen LogP contribution in [0.3, 0.4) is 0 Å². The zero-order valence-corrected chi connectivity index (χ0v) is 38.7. The topological polar surface area (TPSA) is 21.3 Å². The van der Waals surface area contributed by atoms with Crippen molar-refractivity contribution in [1.29, 1.82) is 0 Å². The first-order valence-corrected chi connectivity index (χ1v) is 22.5. The summed E-state index contributed by atoms with van der Waals surface area (Å²) in [6.07, 6.45) is 0. The molecule has 0 bridgehead atoms. The number of rotatable bonds is 1. The molecule has 0 amide bonds. The van der Waals surface area contributed by atoms with Crippen LogP contribution in [0.15, 0.2) is 108 Å². The molecule has 0 saturated heterocycles. The standard InChI is InChI=1S/C57H59BN2O/c1-53(2,3)32-23-25-41-44(28-32)59(43-21-17-19-37-36-24-22-33(54(4,5)6)31-47(36)61-51(37)43)45-29-35(56(10,11)12)30-46-49(45)58(41)42-27-34(55(7,8)9)26-39-48-38-18-15-16-20-40(38)57(13,14)52(48)60(46)50(39)42/h15-31H,1-14H3. The fourth-order valence-electron chi connectivity index (χ4n) is 11.0. The van der Waals surface area contributed by atoms with Crippen molar-refractivity contribution in [2.45, 2.75) is 124 Å². The number of aromatic nitrogens is 1. The van der Waals surface area contributed by atoms with E-state index in [0.717, 1.165) is 27.6 Å². The van der Waals surface area contributed by atoms with Crippen LogP contribution in [0.5, 0.6) is 0 Å². The third-order valence-electron chi connectivity index (χ3n) is 14.5. The minimum Gasteiger partial charge on any atom is -0.454 e. The molecular formula is C57H59BN2O. The molecule has 306 valence electrons. The van der Waals surface area contributed by atoms with Crippen LogP contribution < -0.4 is 21.3 Å². The third-order valence-corrected chi connectivity index (χ3v) is 14.5. The second kappa shape index (κ2) is 11.9. The summed E-state index contributed by atoms with van der Waals surface area (Å²) in [5.41, 5.74) is 22.7. The Labute approximate surface area is 362 Å². The Bertz CT molecular complexity index is 3210. The van der Waals surface area contributed by atoms with E-state index in [9.17, 15) is 0 Å². The van der Waals surface area contributed by atoms with Crippen LogP contribution in [0, 0.1) is 0 Å². The van der Waals surface area contributed by atoms with Crippen LogP contribution in [0.4, 0.5) is 17.1 Å². The summed E-state index contributed by atoms with van der Waals surface area (Å²) >= 11 is 0. The van der Waals surface area contributed by atoms with Gasteiger partial charge in [-0.25, -0.2) is 0 Å². The lowest BCUT2D eigenvalue weighted by Crippen LogP contribution is -2.61. The lowest BCUT2D eigenvalue weighted by molar-refractivity contribution is 0.587. The van der Waals surface area contributed by atoms with Crippen LogP contribution in [0.2, 0.25) is 0 Å². The van der Waals surface area contributed by atoms with Crippen LogP contribution >= 0.6 is 0 Å². The van der Waals surface area contributed by atoms with E-state index in [4.69, 9.17) is 4.42 Å². The van der Waals surface area contributed by atoms with Gasteiger partial charge in [-0.3, -0.25) is 0 Å². The van der Waals surface area contributed by atoms with Gasteiger partial charge < -0.3 is 13.9 Å².